The van der Waals surface area contributed by atoms with Crippen LogP contribution in [0.15, 0.2) is 12.2 Å². The highest BCUT2D eigenvalue weighted by molar-refractivity contribution is 6.14. The molecule has 18 heteroatoms. The highest BCUT2D eigenvalue weighted by atomic mass is 16.6. The van der Waals surface area contributed by atoms with Crippen LogP contribution in [-0.4, -0.2) is 181 Å². The first-order valence-electron chi connectivity index (χ1n) is 15.5. The van der Waals surface area contributed by atoms with Crippen molar-refractivity contribution in [1.29, 1.82) is 0 Å². The van der Waals surface area contributed by atoms with Crippen molar-refractivity contribution in [1.82, 2.24) is 10.2 Å². The maximum absolute atomic E-state index is 11.8. The lowest BCUT2D eigenvalue weighted by molar-refractivity contribution is -0.141. The fraction of sp³-hybridized carbons (Fsp3) is 0.793. The third kappa shape index (κ3) is 28.0. The minimum Gasteiger partial charge on any atom is -0.447 e. The fourth-order valence-corrected chi connectivity index (χ4v) is 3.33. The van der Waals surface area contributed by atoms with Gasteiger partial charge in [-0.15, -0.1) is 0 Å². The average Bonchev–Trinajstić information content (AvgIpc) is 3.36. The molecule has 1 aliphatic rings. The molecule has 0 fully saturated rings. The molecule has 0 atom stereocenters. The second kappa shape index (κ2) is 31.8. The fourth-order valence-electron chi connectivity index (χ4n) is 3.33. The number of rotatable bonds is 35. The smallest absolute Gasteiger partial charge is 0.404 e. The lowest BCUT2D eigenvalue weighted by atomic mass is 10.4. The van der Waals surface area contributed by atoms with E-state index in [1.807, 2.05) is 0 Å². The summed E-state index contributed by atoms with van der Waals surface area (Å²) in [6, 6.07) is 0. The van der Waals surface area contributed by atoms with Crippen molar-refractivity contribution >= 4 is 23.8 Å². The number of hydrogen-bond donors (Lipinski definition) is 2. The van der Waals surface area contributed by atoms with E-state index in [0.29, 0.717) is 119 Å². The normalized spacial score (nSPS) is 12.7. The number of nitrogens with zero attached hydrogens (tertiary/aromatic N) is 1. The van der Waals surface area contributed by atoms with Crippen molar-refractivity contribution in [2.75, 3.05) is 152 Å². The van der Waals surface area contributed by atoms with Gasteiger partial charge in [-0.25, -0.2) is 4.79 Å². The summed E-state index contributed by atoms with van der Waals surface area (Å²) in [4.78, 5) is 45.8. The summed E-state index contributed by atoms with van der Waals surface area (Å²) in [7, 11) is 0. The maximum Gasteiger partial charge on any atom is 0.404 e. The lowest BCUT2D eigenvalue weighted by Gasteiger charge is -2.13. The SMILES string of the molecule is NC(=O)OCCOCCOCCOCCOCCOCCOCCOCCOCCOCCOCCNC(=O)CN1C(=O)C=CC1=O. The summed E-state index contributed by atoms with van der Waals surface area (Å²) in [5.74, 6) is -1.42. The second-order valence-corrected chi connectivity index (χ2v) is 9.24. The van der Waals surface area contributed by atoms with E-state index >= 15 is 0 Å². The van der Waals surface area contributed by atoms with Gasteiger partial charge in [0.2, 0.25) is 5.91 Å². The molecule has 1 rings (SSSR count). The van der Waals surface area contributed by atoms with Crippen molar-refractivity contribution < 1.29 is 71.3 Å². The molecule has 0 unspecified atom stereocenters. The minimum absolute atomic E-state index is 0.123. The number of carbonyl (C=O) groups excluding carboxylic acids is 4. The van der Waals surface area contributed by atoms with Crippen molar-refractivity contribution in [3.63, 3.8) is 0 Å². The quantitative estimate of drug-likeness (QED) is 0.0563. The van der Waals surface area contributed by atoms with Gasteiger partial charge in [-0.3, -0.25) is 19.3 Å². The van der Waals surface area contributed by atoms with E-state index < -0.39 is 23.8 Å². The largest absolute Gasteiger partial charge is 0.447 e. The van der Waals surface area contributed by atoms with Crippen LogP contribution in [0.3, 0.4) is 0 Å². The number of nitrogens with one attached hydrogen (secondary N) is 1. The van der Waals surface area contributed by atoms with Crippen LogP contribution < -0.4 is 11.1 Å². The molecular weight excluding hydrogens is 630 g/mol. The van der Waals surface area contributed by atoms with Crippen LogP contribution in [-0.2, 0) is 66.5 Å². The Labute approximate surface area is 275 Å². The molecule has 3 N–H and O–H groups in total. The van der Waals surface area contributed by atoms with E-state index in [0.717, 1.165) is 17.1 Å². The Morgan fingerprint density at radius 1 is 0.489 bits per heavy atom. The van der Waals surface area contributed by atoms with Gasteiger partial charge in [-0.1, -0.05) is 0 Å². The first kappa shape index (κ1) is 42.2. The van der Waals surface area contributed by atoms with Gasteiger partial charge < -0.3 is 63.2 Å². The van der Waals surface area contributed by atoms with Crippen LogP contribution in [0.2, 0.25) is 0 Å². The number of carbonyl (C=O) groups is 4. The summed E-state index contributed by atoms with van der Waals surface area (Å²) in [5, 5.41) is 2.58. The van der Waals surface area contributed by atoms with E-state index in [2.05, 4.69) is 10.1 Å². The first-order valence-corrected chi connectivity index (χ1v) is 15.5. The van der Waals surface area contributed by atoms with E-state index in [-0.39, 0.29) is 32.9 Å². The molecule has 0 aromatic rings. The molecule has 4 amide bonds. The summed E-state index contributed by atoms with van der Waals surface area (Å²) < 4.78 is 58.4. The topological polar surface area (TPSA) is 211 Å². The van der Waals surface area contributed by atoms with Gasteiger partial charge in [0.25, 0.3) is 11.8 Å². The van der Waals surface area contributed by atoms with Crippen molar-refractivity contribution in [3.8, 4) is 0 Å². The Hall–Kier alpha value is -2.78. The molecule has 18 nitrogen and oxygen atoms in total. The second-order valence-electron chi connectivity index (χ2n) is 9.24. The lowest BCUT2D eigenvalue weighted by Crippen LogP contribution is -2.41. The molecular formula is C29H51N3O15. The maximum atomic E-state index is 11.8. The minimum atomic E-state index is -0.820. The van der Waals surface area contributed by atoms with Gasteiger partial charge in [0.15, 0.2) is 0 Å². The van der Waals surface area contributed by atoms with Gasteiger partial charge in [0.1, 0.15) is 13.2 Å². The molecule has 47 heavy (non-hydrogen) atoms. The molecule has 0 saturated heterocycles. The monoisotopic (exact) mass is 681 g/mol. The molecule has 0 aromatic carbocycles. The third-order valence-corrected chi connectivity index (χ3v) is 5.59. The van der Waals surface area contributed by atoms with Crippen molar-refractivity contribution in [3.05, 3.63) is 12.2 Å². The Bertz CT molecular complexity index is 832. The highest BCUT2D eigenvalue weighted by Gasteiger charge is 2.25. The number of primary amides is 1. The number of imide groups is 1. The third-order valence-electron chi connectivity index (χ3n) is 5.59. The zero-order valence-corrected chi connectivity index (χ0v) is 27.1. The number of nitrogens with two attached hydrogens (primary N) is 1. The molecule has 1 aliphatic heterocycles. The Kier molecular flexibility index (Phi) is 28.6. The molecule has 0 spiro atoms. The molecule has 0 aromatic heterocycles. The van der Waals surface area contributed by atoms with E-state index in [1.54, 1.807) is 0 Å². The number of hydrogen-bond acceptors (Lipinski definition) is 15. The van der Waals surface area contributed by atoms with E-state index in [1.165, 1.54) is 0 Å². The van der Waals surface area contributed by atoms with Gasteiger partial charge in [0.05, 0.1) is 132 Å². The predicted molar refractivity (Wildman–Crippen MR) is 163 cm³/mol. The average molecular weight is 682 g/mol. The summed E-state index contributed by atoms with van der Waals surface area (Å²) in [6.45, 7) is 8.53. The Morgan fingerprint density at radius 2 is 0.766 bits per heavy atom. The van der Waals surface area contributed by atoms with Crippen LogP contribution >= 0.6 is 0 Å². The summed E-state index contributed by atoms with van der Waals surface area (Å²) >= 11 is 0. The zero-order chi connectivity index (χ0) is 34.0. The molecule has 0 saturated carbocycles. The Balaban J connectivity index is 1.65. The van der Waals surface area contributed by atoms with Gasteiger partial charge >= 0.3 is 6.09 Å². The number of amides is 4. The Morgan fingerprint density at radius 3 is 1.06 bits per heavy atom. The van der Waals surface area contributed by atoms with Gasteiger partial charge in [-0.2, -0.15) is 0 Å². The highest BCUT2D eigenvalue weighted by Crippen LogP contribution is 2.02. The van der Waals surface area contributed by atoms with Crippen LogP contribution in [0, 0.1) is 0 Å². The van der Waals surface area contributed by atoms with Gasteiger partial charge in [0, 0.05) is 18.7 Å². The van der Waals surface area contributed by atoms with Crippen LogP contribution in [0.4, 0.5) is 4.79 Å². The van der Waals surface area contributed by atoms with Crippen LogP contribution in [0.1, 0.15) is 0 Å². The molecule has 272 valence electrons. The standard InChI is InChI=1S/C29H51N3O15/c30-29(36)47-24-23-46-22-21-45-20-19-44-18-17-43-16-15-42-14-13-41-12-11-40-10-9-39-8-7-38-6-5-37-4-3-31-26(33)25-32-27(34)1-2-28(32)35/h1-2H,3-25H2,(H2,30,36)(H,31,33). The first-order chi connectivity index (χ1) is 23.0. The van der Waals surface area contributed by atoms with Crippen molar-refractivity contribution in [2.45, 2.75) is 0 Å². The van der Waals surface area contributed by atoms with Gasteiger partial charge in [-0.05, 0) is 0 Å². The van der Waals surface area contributed by atoms with E-state index in [4.69, 9.17) is 53.1 Å². The molecule has 0 bridgehead atoms. The summed E-state index contributed by atoms with van der Waals surface area (Å²) in [5.41, 5.74) is 4.83. The summed E-state index contributed by atoms with van der Waals surface area (Å²) in [6.07, 6.45) is 1.45. The molecule has 0 aliphatic carbocycles. The van der Waals surface area contributed by atoms with Crippen molar-refractivity contribution in [2.24, 2.45) is 5.73 Å². The van der Waals surface area contributed by atoms with E-state index in [9.17, 15) is 19.2 Å². The molecule has 1 heterocycles. The van der Waals surface area contributed by atoms with Crippen LogP contribution in [0.5, 0.6) is 0 Å². The van der Waals surface area contributed by atoms with Crippen LogP contribution in [0.25, 0.3) is 0 Å². The zero-order valence-electron chi connectivity index (χ0n) is 27.1. The predicted octanol–water partition coefficient (Wildman–Crippen LogP) is -1.71. The molecule has 0 radical (unpaired) electrons. The number of ether oxygens (including phenoxy) is 11.